The summed E-state index contributed by atoms with van der Waals surface area (Å²) in [5.74, 6) is 0.597. The Bertz CT molecular complexity index is 478. The lowest BCUT2D eigenvalue weighted by Crippen LogP contribution is -2.12. The van der Waals surface area contributed by atoms with Gasteiger partial charge in [-0.3, -0.25) is 0 Å². The van der Waals surface area contributed by atoms with E-state index in [0.717, 1.165) is 5.56 Å². The van der Waals surface area contributed by atoms with Crippen LogP contribution in [-0.2, 0) is 0 Å². The Morgan fingerprint density at radius 1 is 1.24 bits per heavy atom. The van der Waals surface area contributed by atoms with Crippen molar-refractivity contribution in [3.05, 3.63) is 53.4 Å². The molecule has 0 radical (unpaired) electrons. The first kappa shape index (κ1) is 11.8. The number of aromatic nitrogens is 2. The first-order valence-corrected chi connectivity index (χ1v) is 5.58. The molecule has 2 rings (SSSR count). The summed E-state index contributed by atoms with van der Waals surface area (Å²) < 4.78 is 0. The first-order valence-electron chi connectivity index (χ1n) is 5.20. The zero-order valence-corrected chi connectivity index (χ0v) is 9.80. The van der Waals surface area contributed by atoms with Crippen LogP contribution in [0.25, 0.3) is 0 Å². The van der Waals surface area contributed by atoms with Crippen molar-refractivity contribution in [3.63, 3.8) is 0 Å². The van der Waals surface area contributed by atoms with E-state index in [1.807, 2.05) is 30.3 Å². The minimum atomic E-state index is -0.579. The summed E-state index contributed by atoms with van der Waals surface area (Å²) in [6, 6.07) is 11.0. The average molecular weight is 250 g/mol. The second-order valence-electron chi connectivity index (χ2n) is 3.53. The highest BCUT2D eigenvalue weighted by Gasteiger charge is 2.06. The van der Waals surface area contributed by atoms with Crippen molar-refractivity contribution >= 4 is 17.4 Å². The molecule has 0 saturated carbocycles. The standard InChI is InChI=1S/C12H12ClN3O/c13-11-6-12(16-8-15-11)14-7-10(17)9-4-2-1-3-5-9/h1-6,8,10,17H,7H2,(H,14,15,16). The van der Waals surface area contributed by atoms with Crippen LogP contribution in [0.2, 0.25) is 5.15 Å². The highest BCUT2D eigenvalue weighted by molar-refractivity contribution is 6.29. The minimum absolute atomic E-state index is 0.372. The molecule has 1 aromatic carbocycles. The number of nitrogens with one attached hydrogen (secondary N) is 1. The molecule has 0 spiro atoms. The Labute approximate surface area is 104 Å². The summed E-state index contributed by atoms with van der Waals surface area (Å²) in [5, 5.41) is 13.3. The van der Waals surface area contributed by atoms with Crippen molar-refractivity contribution in [2.75, 3.05) is 11.9 Å². The van der Waals surface area contributed by atoms with E-state index in [2.05, 4.69) is 15.3 Å². The molecule has 4 nitrogen and oxygen atoms in total. The van der Waals surface area contributed by atoms with Gasteiger partial charge in [-0.2, -0.15) is 0 Å². The smallest absolute Gasteiger partial charge is 0.134 e. The summed E-state index contributed by atoms with van der Waals surface area (Å²) in [7, 11) is 0. The molecule has 0 aliphatic heterocycles. The number of rotatable bonds is 4. The molecule has 0 amide bonds. The monoisotopic (exact) mass is 249 g/mol. The Morgan fingerprint density at radius 3 is 2.71 bits per heavy atom. The third-order valence-electron chi connectivity index (χ3n) is 2.29. The van der Waals surface area contributed by atoms with Gasteiger partial charge in [-0.1, -0.05) is 41.9 Å². The fourth-order valence-corrected chi connectivity index (χ4v) is 1.57. The van der Waals surface area contributed by atoms with Gasteiger partial charge in [-0.15, -0.1) is 0 Å². The number of halogens is 1. The van der Waals surface area contributed by atoms with Crippen LogP contribution in [0.4, 0.5) is 5.82 Å². The van der Waals surface area contributed by atoms with Gasteiger partial charge in [0.05, 0.1) is 6.10 Å². The number of benzene rings is 1. The van der Waals surface area contributed by atoms with Crippen molar-refractivity contribution in [3.8, 4) is 0 Å². The van der Waals surface area contributed by atoms with E-state index in [-0.39, 0.29) is 0 Å². The molecule has 0 aliphatic carbocycles. The zero-order valence-electron chi connectivity index (χ0n) is 9.05. The van der Waals surface area contributed by atoms with Crippen LogP contribution in [0.5, 0.6) is 0 Å². The quantitative estimate of drug-likeness (QED) is 0.817. The van der Waals surface area contributed by atoms with E-state index in [1.54, 1.807) is 6.07 Å². The van der Waals surface area contributed by atoms with Gasteiger partial charge >= 0.3 is 0 Å². The molecule has 17 heavy (non-hydrogen) atoms. The maximum Gasteiger partial charge on any atom is 0.134 e. The van der Waals surface area contributed by atoms with Gasteiger partial charge in [-0.05, 0) is 5.56 Å². The summed E-state index contributed by atoms with van der Waals surface area (Å²) in [5.41, 5.74) is 0.861. The molecular formula is C12H12ClN3O. The third kappa shape index (κ3) is 3.41. The molecule has 2 N–H and O–H groups in total. The number of aliphatic hydroxyl groups is 1. The molecule has 0 aliphatic rings. The minimum Gasteiger partial charge on any atom is -0.387 e. The number of nitrogens with zero attached hydrogens (tertiary/aromatic N) is 2. The predicted molar refractivity (Wildman–Crippen MR) is 66.9 cm³/mol. The number of anilines is 1. The summed E-state index contributed by atoms with van der Waals surface area (Å²) in [4.78, 5) is 7.76. The van der Waals surface area contributed by atoms with Crippen molar-refractivity contribution in [2.24, 2.45) is 0 Å². The highest BCUT2D eigenvalue weighted by atomic mass is 35.5. The van der Waals surface area contributed by atoms with E-state index in [9.17, 15) is 5.11 Å². The molecule has 0 fully saturated rings. The molecule has 88 valence electrons. The van der Waals surface area contributed by atoms with E-state index >= 15 is 0 Å². The number of hydrogen-bond acceptors (Lipinski definition) is 4. The van der Waals surface area contributed by atoms with Crippen molar-refractivity contribution in [1.82, 2.24) is 9.97 Å². The van der Waals surface area contributed by atoms with Gasteiger partial charge in [0, 0.05) is 12.6 Å². The maximum absolute atomic E-state index is 9.91. The van der Waals surface area contributed by atoms with Crippen molar-refractivity contribution in [2.45, 2.75) is 6.10 Å². The van der Waals surface area contributed by atoms with Gasteiger partial charge in [0.1, 0.15) is 17.3 Å². The number of hydrogen-bond donors (Lipinski definition) is 2. The Morgan fingerprint density at radius 2 is 2.00 bits per heavy atom. The summed E-state index contributed by atoms with van der Waals surface area (Å²) in [6.45, 7) is 0.372. The molecule has 2 aromatic rings. The van der Waals surface area contributed by atoms with E-state index in [0.29, 0.717) is 17.5 Å². The van der Waals surface area contributed by atoms with Gasteiger partial charge < -0.3 is 10.4 Å². The molecule has 1 atom stereocenters. The SMILES string of the molecule is OC(CNc1cc(Cl)ncn1)c1ccccc1. The summed E-state index contributed by atoms with van der Waals surface area (Å²) in [6.07, 6.45) is 0.796. The highest BCUT2D eigenvalue weighted by Crippen LogP contribution is 2.14. The third-order valence-corrected chi connectivity index (χ3v) is 2.50. The number of aliphatic hydroxyl groups excluding tert-OH is 1. The largest absolute Gasteiger partial charge is 0.387 e. The topological polar surface area (TPSA) is 58.0 Å². The Kier molecular flexibility index (Phi) is 3.90. The van der Waals surface area contributed by atoms with Crippen LogP contribution in [0.15, 0.2) is 42.7 Å². The van der Waals surface area contributed by atoms with Gasteiger partial charge in [0.2, 0.25) is 0 Å². The Balaban J connectivity index is 1.95. The molecule has 1 heterocycles. The molecule has 0 saturated heterocycles. The lowest BCUT2D eigenvalue weighted by Gasteiger charge is -2.12. The van der Waals surface area contributed by atoms with Gasteiger partial charge in [0.25, 0.3) is 0 Å². The van der Waals surface area contributed by atoms with Crippen LogP contribution < -0.4 is 5.32 Å². The van der Waals surface area contributed by atoms with E-state index < -0.39 is 6.10 Å². The fourth-order valence-electron chi connectivity index (χ4n) is 1.42. The maximum atomic E-state index is 9.91. The molecule has 0 bridgehead atoms. The van der Waals surface area contributed by atoms with Gasteiger partial charge in [0.15, 0.2) is 0 Å². The Hall–Kier alpha value is -1.65. The van der Waals surface area contributed by atoms with Crippen LogP contribution in [0.1, 0.15) is 11.7 Å². The van der Waals surface area contributed by atoms with Gasteiger partial charge in [-0.25, -0.2) is 9.97 Å². The van der Waals surface area contributed by atoms with Crippen LogP contribution in [-0.4, -0.2) is 21.6 Å². The van der Waals surface area contributed by atoms with E-state index in [1.165, 1.54) is 6.33 Å². The zero-order chi connectivity index (χ0) is 12.1. The molecular weight excluding hydrogens is 238 g/mol. The van der Waals surface area contributed by atoms with Crippen LogP contribution >= 0.6 is 11.6 Å². The molecule has 5 heteroatoms. The van der Waals surface area contributed by atoms with E-state index in [4.69, 9.17) is 11.6 Å². The lowest BCUT2D eigenvalue weighted by atomic mass is 10.1. The summed E-state index contributed by atoms with van der Waals surface area (Å²) >= 11 is 5.72. The molecule has 1 unspecified atom stereocenters. The second kappa shape index (κ2) is 5.61. The van der Waals surface area contributed by atoms with Crippen molar-refractivity contribution in [1.29, 1.82) is 0 Å². The first-order chi connectivity index (χ1) is 8.25. The van der Waals surface area contributed by atoms with Crippen LogP contribution in [0, 0.1) is 0 Å². The fraction of sp³-hybridized carbons (Fsp3) is 0.167. The molecule has 1 aromatic heterocycles. The predicted octanol–water partition coefficient (Wildman–Crippen LogP) is 2.28. The normalized spacial score (nSPS) is 12.1. The average Bonchev–Trinajstić information content (AvgIpc) is 2.37. The second-order valence-corrected chi connectivity index (χ2v) is 3.92. The van der Waals surface area contributed by atoms with Crippen molar-refractivity contribution < 1.29 is 5.11 Å². The van der Waals surface area contributed by atoms with Crippen LogP contribution in [0.3, 0.4) is 0 Å². The lowest BCUT2D eigenvalue weighted by molar-refractivity contribution is 0.191.